The third kappa shape index (κ3) is 0.833. The molecule has 0 spiro atoms. The standard InChI is InChI=1S/C7H9ClN2/c1-10-7(8)6(4-9-10)5-2-3-5/h4-5H,2-3H2,1H3. The van der Waals surface area contributed by atoms with Crippen LogP contribution in [0.3, 0.4) is 0 Å². The van der Waals surface area contributed by atoms with Crippen LogP contribution in [0.25, 0.3) is 0 Å². The first-order valence-corrected chi connectivity index (χ1v) is 3.84. The molecule has 54 valence electrons. The maximum atomic E-state index is 5.94. The molecule has 2 nitrogen and oxygen atoms in total. The minimum absolute atomic E-state index is 0.709. The Morgan fingerprint density at radius 2 is 2.40 bits per heavy atom. The number of rotatable bonds is 1. The monoisotopic (exact) mass is 156 g/mol. The van der Waals surface area contributed by atoms with Crippen LogP contribution in [0.4, 0.5) is 0 Å². The van der Waals surface area contributed by atoms with Gasteiger partial charge in [0.15, 0.2) is 0 Å². The summed E-state index contributed by atoms with van der Waals surface area (Å²) in [5, 5.41) is 4.87. The van der Waals surface area contributed by atoms with E-state index in [2.05, 4.69) is 5.10 Å². The summed E-state index contributed by atoms with van der Waals surface area (Å²) < 4.78 is 1.72. The van der Waals surface area contributed by atoms with Crippen molar-refractivity contribution in [2.75, 3.05) is 0 Å². The van der Waals surface area contributed by atoms with Gasteiger partial charge in [-0.3, -0.25) is 4.68 Å². The van der Waals surface area contributed by atoms with Gasteiger partial charge in [0, 0.05) is 12.6 Å². The SMILES string of the molecule is Cn1ncc(C2CC2)c1Cl. The van der Waals surface area contributed by atoms with Crippen molar-refractivity contribution >= 4 is 11.6 Å². The zero-order chi connectivity index (χ0) is 7.14. The molecule has 0 unspecified atom stereocenters. The van der Waals surface area contributed by atoms with Gasteiger partial charge in [0.1, 0.15) is 5.15 Å². The molecule has 0 amide bonds. The molecule has 1 aliphatic carbocycles. The predicted octanol–water partition coefficient (Wildman–Crippen LogP) is 1.95. The highest BCUT2D eigenvalue weighted by atomic mass is 35.5. The molecule has 0 saturated heterocycles. The molecule has 0 bridgehead atoms. The average molecular weight is 157 g/mol. The largest absolute Gasteiger partial charge is 0.257 e. The molecular formula is C7H9ClN2. The Kier molecular flexibility index (Phi) is 1.24. The molecular weight excluding hydrogens is 148 g/mol. The number of hydrogen-bond acceptors (Lipinski definition) is 1. The maximum Gasteiger partial charge on any atom is 0.130 e. The Balaban J connectivity index is 2.40. The Morgan fingerprint density at radius 3 is 2.80 bits per heavy atom. The maximum absolute atomic E-state index is 5.94. The van der Waals surface area contributed by atoms with Crippen LogP contribution < -0.4 is 0 Å². The van der Waals surface area contributed by atoms with Crippen molar-refractivity contribution < 1.29 is 0 Å². The van der Waals surface area contributed by atoms with Crippen LogP contribution in [0.5, 0.6) is 0 Å². The minimum atomic E-state index is 0.709. The Bertz CT molecular complexity index is 250. The second kappa shape index (κ2) is 1.99. The lowest BCUT2D eigenvalue weighted by Gasteiger charge is -1.92. The van der Waals surface area contributed by atoms with Crippen molar-refractivity contribution in [2.24, 2.45) is 7.05 Å². The molecule has 1 aromatic rings. The summed E-state index contributed by atoms with van der Waals surface area (Å²) >= 11 is 5.94. The van der Waals surface area contributed by atoms with Gasteiger partial charge in [-0.25, -0.2) is 0 Å². The van der Waals surface area contributed by atoms with Gasteiger partial charge in [-0.1, -0.05) is 11.6 Å². The van der Waals surface area contributed by atoms with E-state index in [9.17, 15) is 0 Å². The van der Waals surface area contributed by atoms with Crippen molar-refractivity contribution in [3.63, 3.8) is 0 Å². The first-order chi connectivity index (χ1) is 4.79. The Hall–Kier alpha value is -0.500. The van der Waals surface area contributed by atoms with Crippen LogP contribution in [0.2, 0.25) is 5.15 Å². The van der Waals surface area contributed by atoms with E-state index in [0.29, 0.717) is 5.92 Å². The van der Waals surface area contributed by atoms with E-state index >= 15 is 0 Å². The highest BCUT2D eigenvalue weighted by Gasteiger charge is 2.27. The first kappa shape index (κ1) is 6.23. The van der Waals surface area contributed by atoms with E-state index in [0.717, 1.165) is 5.15 Å². The summed E-state index contributed by atoms with van der Waals surface area (Å²) in [5.74, 6) is 0.709. The summed E-state index contributed by atoms with van der Waals surface area (Å²) in [6.07, 6.45) is 4.44. The van der Waals surface area contributed by atoms with Crippen molar-refractivity contribution in [1.29, 1.82) is 0 Å². The van der Waals surface area contributed by atoms with Gasteiger partial charge < -0.3 is 0 Å². The van der Waals surface area contributed by atoms with E-state index in [1.807, 2.05) is 13.2 Å². The second-order valence-corrected chi connectivity index (χ2v) is 3.15. The predicted molar refractivity (Wildman–Crippen MR) is 40.2 cm³/mol. The molecule has 0 atom stereocenters. The topological polar surface area (TPSA) is 17.8 Å². The summed E-state index contributed by atoms with van der Waals surface area (Å²) in [4.78, 5) is 0. The van der Waals surface area contributed by atoms with Crippen LogP contribution in [-0.4, -0.2) is 9.78 Å². The van der Waals surface area contributed by atoms with Crippen molar-refractivity contribution in [1.82, 2.24) is 9.78 Å². The smallest absolute Gasteiger partial charge is 0.130 e. The fourth-order valence-electron chi connectivity index (χ4n) is 1.11. The van der Waals surface area contributed by atoms with Gasteiger partial charge in [-0.05, 0) is 18.8 Å². The van der Waals surface area contributed by atoms with E-state index in [1.54, 1.807) is 4.68 Å². The first-order valence-electron chi connectivity index (χ1n) is 3.46. The molecule has 10 heavy (non-hydrogen) atoms. The number of hydrogen-bond donors (Lipinski definition) is 0. The molecule has 0 aliphatic heterocycles. The molecule has 0 aromatic carbocycles. The number of halogens is 1. The lowest BCUT2D eigenvalue weighted by molar-refractivity contribution is 0.768. The summed E-state index contributed by atoms with van der Waals surface area (Å²) in [5.41, 5.74) is 1.23. The van der Waals surface area contributed by atoms with Gasteiger partial charge in [-0.2, -0.15) is 5.10 Å². The van der Waals surface area contributed by atoms with Gasteiger partial charge in [-0.15, -0.1) is 0 Å². The fourth-order valence-corrected chi connectivity index (χ4v) is 1.35. The van der Waals surface area contributed by atoms with Crippen LogP contribution in [-0.2, 0) is 7.05 Å². The highest BCUT2D eigenvalue weighted by Crippen LogP contribution is 2.42. The summed E-state index contributed by atoms with van der Waals surface area (Å²) in [6.45, 7) is 0. The van der Waals surface area contributed by atoms with Gasteiger partial charge in [0.25, 0.3) is 0 Å². The van der Waals surface area contributed by atoms with Crippen LogP contribution in [0.1, 0.15) is 24.3 Å². The van der Waals surface area contributed by atoms with Crippen LogP contribution in [0.15, 0.2) is 6.20 Å². The van der Waals surface area contributed by atoms with Crippen molar-refractivity contribution in [2.45, 2.75) is 18.8 Å². The van der Waals surface area contributed by atoms with Gasteiger partial charge in [0.05, 0.1) is 6.20 Å². The third-order valence-electron chi connectivity index (χ3n) is 1.91. The summed E-state index contributed by atoms with van der Waals surface area (Å²) in [7, 11) is 1.87. The van der Waals surface area contributed by atoms with E-state index in [1.165, 1.54) is 18.4 Å². The zero-order valence-corrected chi connectivity index (χ0v) is 6.60. The number of aryl methyl sites for hydroxylation is 1. The molecule has 1 fully saturated rings. The normalized spacial score (nSPS) is 17.8. The van der Waals surface area contributed by atoms with Gasteiger partial charge >= 0.3 is 0 Å². The highest BCUT2D eigenvalue weighted by molar-refractivity contribution is 6.30. The van der Waals surface area contributed by atoms with E-state index in [-0.39, 0.29) is 0 Å². The molecule has 0 N–H and O–H groups in total. The Labute approximate surface area is 64.8 Å². The van der Waals surface area contributed by atoms with Gasteiger partial charge in [0.2, 0.25) is 0 Å². The molecule has 0 radical (unpaired) electrons. The van der Waals surface area contributed by atoms with E-state index < -0.39 is 0 Å². The zero-order valence-electron chi connectivity index (χ0n) is 5.84. The lowest BCUT2D eigenvalue weighted by atomic mass is 10.2. The lowest BCUT2D eigenvalue weighted by Crippen LogP contribution is -1.88. The third-order valence-corrected chi connectivity index (χ3v) is 2.37. The summed E-state index contributed by atoms with van der Waals surface area (Å²) in [6, 6.07) is 0. The fraction of sp³-hybridized carbons (Fsp3) is 0.571. The average Bonchev–Trinajstić information content (AvgIpc) is 2.67. The molecule has 1 aliphatic rings. The second-order valence-electron chi connectivity index (χ2n) is 2.79. The number of aromatic nitrogens is 2. The molecule has 1 heterocycles. The van der Waals surface area contributed by atoms with E-state index in [4.69, 9.17) is 11.6 Å². The van der Waals surface area contributed by atoms with Crippen molar-refractivity contribution in [3.05, 3.63) is 16.9 Å². The quantitative estimate of drug-likeness (QED) is 0.608. The molecule has 2 rings (SSSR count). The van der Waals surface area contributed by atoms with Crippen LogP contribution >= 0.6 is 11.6 Å². The van der Waals surface area contributed by atoms with Crippen molar-refractivity contribution in [3.8, 4) is 0 Å². The van der Waals surface area contributed by atoms with Crippen LogP contribution in [0, 0.1) is 0 Å². The minimum Gasteiger partial charge on any atom is -0.257 e. The molecule has 1 saturated carbocycles. The molecule has 3 heteroatoms. The Morgan fingerprint density at radius 1 is 1.70 bits per heavy atom. The number of nitrogens with zero attached hydrogens (tertiary/aromatic N) is 2. The molecule has 1 aromatic heterocycles.